The molecule has 0 spiro atoms. The van der Waals surface area contributed by atoms with Crippen molar-refractivity contribution in [3.05, 3.63) is 60.3 Å². The molecule has 0 aliphatic carbocycles. The molecule has 4 nitrogen and oxygen atoms in total. The Balaban J connectivity index is 1.82. The molecule has 2 N–H and O–H groups in total. The van der Waals surface area contributed by atoms with E-state index >= 15 is 0 Å². The number of benzene rings is 1. The smallest absolute Gasteiger partial charge is 0.108 e. The second-order valence-electron chi connectivity index (χ2n) is 5.02. The third-order valence-electron chi connectivity index (χ3n) is 3.68. The molecule has 4 heteroatoms. The summed E-state index contributed by atoms with van der Waals surface area (Å²) in [6.45, 7) is 0. The quantitative estimate of drug-likeness (QED) is 0.789. The maximum atomic E-state index is 6.36. The molecule has 2 aromatic heterocycles. The van der Waals surface area contributed by atoms with Gasteiger partial charge in [0, 0.05) is 43.5 Å². The number of imidazole rings is 1. The Kier molecular flexibility index (Phi) is 3.48. The lowest BCUT2D eigenvalue weighted by atomic mass is 9.98. The zero-order valence-electron chi connectivity index (χ0n) is 11.5. The molecule has 0 bridgehead atoms. The van der Waals surface area contributed by atoms with Gasteiger partial charge < -0.3 is 10.3 Å². The number of fused-ring (bicyclic) bond motifs is 1. The normalized spacial score (nSPS) is 12.7. The first kappa shape index (κ1) is 12.8. The van der Waals surface area contributed by atoms with Crippen LogP contribution in [0.1, 0.15) is 23.9 Å². The molecule has 0 saturated heterocycles. The molecule has 1 atom stereocenters. The third kappa shape index (κ3) is 2.42. The highest BCUT2D eigenvalue weighted by Gasteiger charge is 2.11. The largest absolute Gasteiger partial charge is 0.338 e. The fraction of sp³-hybridized carbons (Fsp3) is 0.250. The molecule has 0 saturated carbocycles. The number of hydrogen-bond acceptors (Lipinski definition) is 3. The Morgan fingerprint density at radius 2 is 2.05 bits per heavy atom. The second kappa shape index (κ2) is 5.43. The van der Waals surface area contributed by atoms with Gasteiger partial charge >= 0.3 is 0 Å². The molecular weight excluding hydrogens is 248 g/mol. The molecule has 3 rings (SSSR count). The number of aryl methyl sites for hydroxylation is 2. The molecule has 102 valence electrons. The molecule has 0 aliphatic rings. The van der Waals surface area contributed by atoms with Crippen molar-refractivity contribution in [1.82, 2.24) is 14.5 Å². The summed E-state index contributed by atoms with van der Waals surface area (Å²) in [7, 11) is 2.01. The van der Waals surface area contributed by atoms with Crippen molar-refractivity contribution in [3.8, 4) is 0 Å². The van der Waals surface area contributed by atoms with Crippen LogP contribution in [-0.4, -0.2) is 14.5 Å². The Morgan fingerprint density at radius 1 is 1.15 bits per heavy atom. The number of aromatic nitrogens is 3. The van der Waals surface area contributed by atoms with Crippen molar-refractivity contribution in [3.63, 3.8) is 0 Å². The minimum absolute atomic E-state index is 0.000370. The molecule has 0 aliphatic heterocycles. The summed E-state index contributed by atoms with van der Waals surface area (Å²) in [5.74, 6) is 1.07. The van der Waals surface area contributed by atoms with Gasteiger partial charge in [-0.3, -0.25) is 4.98 Å². The van der Waals surface area contributed by atoms with E-state index in [0.29, 0.717) is 0 Å². The summed E-state index contributed by atoms with van der Waals surface area (Å²) >= 11 is 0. The zero-order valence-corrected chi connectivity index (χ0v) is 11.5. The molecule has 0 amide bonds. The standard InChI is InChI=1S/C16H18N4/c1-20-11-10-19-16(20)8-7-14(17)12-4-2-6-15-13(12)5-3-9-18-15/h2-6,9-11,14H,7-8,17H2,1H3. The van der Waals surface area contributed by atoms with Gasteiger partial charge in [-0.25, -0.2) is 4.98 Å². The van der Waals surface area contributed by atoms with Crippen molar-refractivity contribution in [2.75, 3.05) is 0 Å². The first-order valence-electron chi connectivity index (χ1n) is 6.81. The van der Waals surface area contributed by atoms with Gasteiger partial charge in [0.05, 0.1) is 5.52 Å². The van der Waals surface area contributed by atoms with Crippen molar-refractivity contribution >= 4 is 10.9 Å². The maximum Gasteiger partial charge on any atom is 0.108 e. The van der Waals surface area contributed by atoms with E-state index in [1.165, 1.54) is 0 Å². The van der Waals surface area contributed by atoms with Crippen LogP contribution >= 0.6 is 0 Å². The minimum atomic E-state index is -0.000370. The zero-order chi connectivity index (χ0) is 13.9. The van der Waals surface area contributed by atoms with Crippen LogP contribution in [0.25, 0.3) is 10.9 Å². The SMILES string of the molecule is Cn1ccnc1CCC(N)c1cccc2ncccc12. The van der Waals surface area contributed by atoms with E-state index in [9.17, 15) is 0 Å². The van der Waals surface area contributed by atoms with E-state index in [1.807, 2.05) is 48.4 Å². The first-order chi connectivity index (χ1) is 9.75. The van der Waals surface area contributed by atoms with Gasteiger partial charge in [-0.15, -0.1) is 0 Å². The molecule has 0 radical (unpaired) electrons. The number of hydrogen-bond donors (Lipinski definition) is 1. The monoisotopic (exact) mass is 266 g/mol. The lowest BCUT2D eigenvalue weighted by Crippen LogP contribution is -2.13. The van der Waals surface area contributed by atoms with Gasteiger partial charge in [0.1, 0.15) is 5.82 Å². The fourth-order valence-corrected chi connectivity index (χ4v) is 2.53. The van der Waals surface area contributed by atoms with Crippen molar-refractivity contribution in [2.24, 2.45) is 12.8 Å². The number of pyridine rings is 1. The van der Waals surface area contributed by atoms with Crippen LogP contribution in [0, 0.1) is 0 Å². The Labute approximate surface area is 118 Å². The van der Waals surface area contributed by atoms with Crippen LogP contribution in [-0.2, 0) is 13.5 Å². The molecule has 0 fully saturated rings. The predicted molar refractivity (Wildman–Crippen MR) is 80.2 cm³/mol. The van der Waals surface area contributed by atoms with E-state index in [4.69, 9.17) is 5.73 Å². The van der Waals surface area contributed by atoms with Gasteiger partial charge in [0.25, 0.3) is 0 Å². The van der Waals surface area contributed by atoms with Crippen LogP contribution in [0.2, 0.25) is 0 Å². The van der Waals surface area contributed by atoms with E-state index in [1.54, 1.807) is 0 Å². The lowest BCUT2D eigenvalue weighted by molar-refractivity contribution is 0.624. The van der Waals surface area contributed by atoms with Crippen LogP contribution in [0.4, 0.5) is 0 Å². The Morgan fingerprint density at radius 3 is 2.85 bits per heavy atom. The molecule has 2 heterocycles. The summed E-state index contributed by atoms with van der Waals surface area (Å²) in [6, 6.07) is 10.2. The number of nitrogens with zero attached hydrogens (tertiary/aromatic N) is 3. The van der Waals surface area contributed by atoms with Crippen molar-refractivity contribution in [2.45, 2.75) is 18.9 Å². The van der Waals surface area contributed by atoms with E-state index in [2.05, 4.69) is 22.1 Å². The third-order valence-corrected chi connectivity index (χ3v) is 3.68. The van der Waals surface area contributed by atoms with Crippen molar-refractivity contribution < 1.29 is 0 Å². The van der Waals surface area contributed by atoms with Gasteiger partial charge in [0.15, 0.2) is 0 Å². The lowest BCUT2D eigenvalue weighted by Gasteiger charge is -2.14. The fourth-order valence-electron chi connectivity index (χ4n) is 2.53. The number of nitrogens with two attached hydrogens (primary N) is 1. The molecular formula is C16H18N4. The second-order valence-corrected chi connectivity index (χ2v) is 5.02. The molecule has 1 aromatic carbocycles. The average Bonchev–Trinajstić information content (AvgIpc) is 2.89. The van der Waals surface area contributed by atoms with E-state index < -0.39 is 0 Å². The molecule has 20 heavy (non-hydrogen) atoms. The van der Waals surface area contributed by atoms with Gasteiger partial charge in [-0.1, -0.05) is 18.2 Å². The van der Waals surface area contributed by atoms with Crippen LogP contribution in [0.5, 0.6) is 0 Å². The summed E-state index contributed by atoms with van der Waals surface area (Å²) in [5.41, 5.74) is 8.52. The van der Waals surface area contributed by atoms with Gasteiger partial charge in [0.2, 0.25) is 0 Å². The van der Waals surface area contributed by atoms with Gasteiger partial charge in [-0.05, 0) is 24.1 Å². The Hall–Kier alpha value is -2.20. The predicted octanol–water partition coefficient (Wildman–Crippen LogP) is 2.60. The van der Waals surface area contributed by atoms with Crippen molar-refractivity contribution in [1.29, 1.82) is 0 Å². The average molecular weight is 266 g/mol. The van der Waals surface area contributed by atoms with Crippen LogP contribution in [0.15, 0.2) is 48.9 Å². The summed E-state index contributed by atoms with van der Waals surface area (Å²) in [6.07, 6.45) is 7.34. The summed E-state index contributed by atoms with van der Waals surface area (Å²) in [4.78, 5) is 8.72. The van der Waals surface area contributed by atoms with E-state index in [-0.39, 0.29) is 6.04 Å². The number of rotatable bonds is 4. The molecule has 3 aromatic rings. The summed E-state index contributed by atoms with van der Waals surface area (Å²) in [5, 5.41) is 1.14. The highest BCUT2D eigenvalue weighted by atomic mass is 15.0. The molecule has 1 unspecified atom stereocenters. The summed E-state index contributed by atoms with van der Waals surface area (Å²) < 4.78 is 2.04. The van der Waals surface area contributed by atoms with Crippen LogP contribution in [0.3, 0.4) is 0 Å². The first-order valence-corrected chi connectivity index (χ1v) is 6.81. The topological polar surface area (TPSA) is 56.7 Å². The Bertz CT molecular complexity index is 712. The highest BCUT2D eigenvalue weighted by molar-refractivity contribution is 5.82. The minimum Gasteiger partial charge on any atom is -0.338 e. The highest BCUT2D eigenvalue weighted by Crippen LogP contribution is 2.24. The maximum absolute atomic E-state index is 6.36. The van der Waals surface area contributed by atoms with Gasteiger partial charge in [-0.2, -0.15) is 0 Å². The van der Waals surface area contributed by atoms with E-state index in [0.717, 1.165) is 35.1 Å². The van der Waals surface area contributed by atoms with Crippen LogP contribution < -0.4 is 5.73 Å².